The number of amides is 2. The van der Waals surface area contributed by atoms with Crippen molar-refractivity contribution in [3.63, 3.8) is 0 Å². The summed E-state index contributed by atoms with van der Waals surface area (Å²) in [6.45, 7) is 4.57. The van der Waals surface area contributed by atoms with Gasteiger partial charge in [-0.1, -0.05) is 25.6 Å². The molecule has 1 unspecified atom stereocenters. The fraction of sp³-hybridized carbons (Fsp3) is 0.769. The van der Waals surface area contributed by atoms with Gasteiger partial charge in [-0.25, -0.2) is 0 Å². The lowest BCUT2D eigenvalue weighted by molar-refractivity contribution is -0.136. The summed E-state index contributed by atoms with van der Waals surface area (Å²) < 4.78 is 15.0. The molecule has 0 saturated heterocycles. The number of rotatable bonds is 11. The minimum absolute atomic E-state index is 0.0252. The summed E-state index contributed by atoms with van der Waals surface area (Å²) >= 11 is 1.11. The summed E-state index contributed by atoms with van der Waals surface area (Å²) in [7, 11) is -2.81. The summed E-state index contributed by atoms with van der Waals surface area (Å²) in [5.74, 6) is -0.501. The van der Waals surface area contributed by atoms with Gasteiger partial charge in [-0.05, 0) is 0 Å². The maximum atomic E-state index is 11.8. The lowest BCUT2D eigenvalue weighted by Crippen LogP contribution is -2.46. The Morgan fingerprint density at radius 1 is 1.25 bits per heavy atom. The summed E-state index contributed by atoms with van der Waals surface area (Å²) in [4.78, 5) is 42.6. The van der Waals surface area contributed by atoms with Crippen LogP contribution in [-0.4, -0.2) is 58.5 Å². The van der Waals surface area contributed by atoms with Gasteiger partial charge in [-0.3, -0.25) is 14.4 Å². The number of carbonyl (C=O) groups excluding carboxylic acids is 3. The smallest absolute Gasteiger partial charge is 0.383 e. The molecule has 0 spiro atoms. The third kappa shape index (κ3) is 10.7. The number of aliphatic hydroxyl groups excluding tert-OH is 1. The lowest BCUT2D eigenvalue weighted by Gasteiger charge is -2.26. The van der Waals surface area contributed by atoms with Gasteiger partial charge in [-0.2, -0.15) is 0 Å². The zero-order valence-electron chi connectivity index (χ0n) is 13.9. The Balaban J connectivity index is 4.04. The van der Waals surface area contributed by atoms with Crippen molar-refractivity contribution < 1.29 is 33.5 Å². The van der Waals surface area contributed by atoms with Gasteiger partial charge in [0.2, 0.25) is 11.8 Å². The number of thioether (sulfide) groups is 1. The van der Waals surface area contributed by atoms with E-state index in [2.05, 4.69) is 15.2 Å². The van der Waals surface area contributed by atoms with E-state index in [-0.39, 0.29) is 30.6 Å². The standard InChI is InChI=1S/C13H23N2O7PS/c1-9(16)24-7-6-14-10(17)4-5-15-12(19)11(18)13(2,3)8-22-23(20)21/h11,18H,4-8H2,1-3H3,(H2-,14,15,17,19,20,21)/p+1/t11-/m0/s1. The molecule has 2 amide bonds. The second-order valence-electron chi connectivity index (χ2n) is 5.63. The summed E-state index contributed by atoms with van der Waals surface area (Å²) in [6, 6.07) is 0. The molecular formula is C13H24N2O7PS+. The highest BCUT2D eigenvalue weighted by molar-refractivity contribution is 8.13. The van der Waals surface area contributed by atoms with Crippen LogP contribution in [0.4, 0.5) is 0 Å². The molecule has 138 valence electrons. The first-order valence-electron chi connectivity index (χ1n) is 7.21. The first kappa shape index (κ1) is 22.9. The van der Waals surface area contributed by atoms with Gasteiger partial charge in [0.25, 0.3) is 0 Å². The van der Waals surface area contributed by atoms with Crippen LogP contribution >= 0.6 is 20.0 Å². The molecule has 0 fully saturated rings. The molecule has 0 radical (unpaired) electrons. The molecule has 0 bridgehead atoms. The van der Waals surface area contributed by atoms with Crippen LogP contribution in [0.5, 0.6) is 0 Å². The Morgan fingerprint density at radius 3 is 2.42 bits per heavy atom. The van der Waals surface area contributed by atoms with Crippen molar-refractivity contribution in [2.75, 3.05) is 25.4 Å². The van der Waals surface area contributed by atoms with Crippen molar-refractivity contribution in [1.29, 1.82) is 0 Å². The van der Waals surface area contributed by atoms with Crippen molar-refractivity contribution in [3.8, 4) is 0 Å². The van der Waals surface area contributed by atoms with E-state index in [1.165, 1.54) is 20.8 Å². The molecule has 9 nitrogen and oxygen atoms in total. The molecule has 0 aliphatic heterocycles. The van der Waals surface area contributed by atoms with E-state index in [0.29, 0.717) is 12.3 Å². The van der Waals surface area contributed by atoms with Gasteiger partial charge in [-0.15, -0.1) is 9.42 Å². The van der Waals surface area contributed by atoms with E-state index in [4.69, 9.17) is 4.89 Å². The molecular weight excluding hydrogens is 359 g/mol. The highest BCUT2D eigenvalue weighted by atomic mass is 32.2. The number of nitrogens with one attached hydrogen (secondary N) is 2. The molecule has 2 atom stereocenters. The number of carbonyl (C=O) groups is 3. The van der Waals surface area contributed by atoms with Gasteiger partial charge in [0.15, 0.2) is 5.12 Å². The van der Waals surface area contributed by atoms with Crippen LogP contribution in [0.25, 0.3) is 0 Å². The molecule has 0 saturated carbocycles. The number of aliphatic hydroxyl groups is 1. The fourth-order valence-electron chi connectivity index (χ4n) is 1.52. The van der Waals surface area contributed by atoms with Crippen LogP contribution < -0.4 is 10.6 Å². The minimum atomic E-state index is -2.81. The second-order valence-corrected chi connectivity index (χ2v) is 7.64. The van der Waals surface area contributed by atoms with Crippen molar-refractivity contribution in [1.82, 2.24) is 10.6 Å². The predicted octanol–water partition coefficient (Wildman–Crippen LogP) is -0.0580. The Labute approximate surface area is 145 Å². The maximum absolute atomic E-state index is 11.8. The van der Waals surface area contributed by atoms with Gasteiger partial charge >= 0.3 is 8.25 Å². The van der Waals surface area contributed by atoms with Gasteiger partial charge < -0.3 is 15.7 Å². The molecule has 0 aliphatic carbocycles. The SMILES string of the molecule is CC(=O)SCCNC(=O)CCNC(=O)[C@H](O)C(C)(C)CO[P+](=O)O. The first-order valence-corrected chi connectivity index (χ1v) is 9.32. The van der Waals surface area contributed by atoms with Crippen molar-refractivity contribution >= 4 is 36.9 Å². The Kier molecular flexibility index (Phi) is 11.0. The number of hydrogen-bond acceptors (Lipinski definition) is 7. The summed E-state index contributed by atoms with van der Waals surface area (Å²) in [5, 5.41) is 14.9. The van der Waals surface area contributed by atoms with E-state index in [0.717, 1.165) is 11.8 Å². The second kappa shape index (κ2) is 11.5. The predicted molar refractivity (Wildman–Crippen MR) is 89.3 cm³/mol. The lowest BCUT2D eigenvalue weighted by atomic mass is 9.87. The maximum Gasteiger partial charge on any atom is 0.694 e. The molecule has 0 heterocycles. The zero-order chi connectivity index (χ0) is 18.8. The van der Waals surface area contributed by atoms with Crippen LogP contribution in [-0.2, 0) is 23.5 Å². The fourth-order valence-corrected chi connectivity index (χ4v) is 2.46. The summed E-state index contributed by atoms with van der Waals surface area (Å²) in [5.41, 5.74) is -1.07. The zero-order valence-corrected chi connectivity index (χ0v) is 15.6. The van der Waals surface area contributed by atoms with Crippen molar-refractivity contribution in [2.45, 2.75) is 33.3 Å². The van der Waals surface area contributed by atoms with E-state index >= 15 is 0 Å². The van der Waals surface area contributed by atoms with Crippen LogP contribution in [0.3, 0.4) is 0 Å². The first-order chi connectivity index (χ1) is 11.1. The Hall–Kier alpha value is -1.06. The van der Waals surface area contributed by atoms with Crippen molar-refractivity contribution in [2.24, 2.45) is 5.41 Å². The molecule has 0 aromatic heterocycles. The van der Waals surface area contributed by atoms with Crippen LogP contribution in [0, 0.1) is 5.41 Å². The number of hydrogen-bond donors (Lipinski definition) is 4. The highest BCUT2D eigenvalue weighted by Crippen LogP contribution is 2.26. The minimum Gasteiger partial charge on any atom is -0.383 e. The van der Waals surface area contributed by atoms with Gasteiger partial charge in [0.1, 0.15) is 12.7 Å². The van der Waals surface area contributed by atoms with Crippen LogP contribution in [0.15, 0.2) is 0 Å². The van der Waals surface area contributed by atoms with Gasteiger partial charge in [0, 0.05) is 42.2 Å². The van der Waals surface area contributed by atoms with E-state index in [1.807, 2.05) is 0 Å². The van der Waals surface area contributed by atoms with Gasteiger partial charge in [0.05, 0.1) is 0 Å². The van der Waals surface area contributed by atoms with Crippen LogP contribution in [0.2, 0.25) is 0 Å². The molecule has 0 aromatic rings. The highest BCUT2D eigenvalue weighted by Gasteiger charge is 2.36. The van der Waals surface area contributed by atoms with E-state index in [1.54, 1.807) is 0 Å². The van der Waals surface area contributed by atoms with Crippen molar-refractivity contribution in [3.05, 3.63) is 0 Å². The average Bonchev–Trinajstić information content (AvgIpc) is 2.48. The van der Waals surface area contributed by atoms with E-state index < -0.39 is 25.7 Å². The molecule has 11 heteroatoms. The third-order valence-corrected chi connectivity index (χ3v) is 4.08. The molecule has 0 aromatic carbocycles. The Morgan fingerprint density at radius 2 is 1.88 bits per heavy atom. The normalized spacial score (nSPS) is 13.1. The summed E-state index contributed by atoms with van der Waals surface area (Å²) in [6.07, 6.45) is -1.43. The average molecular weight is 383 g/mol. The molecule has 0 aliphatic rings. The quantitative estimate of drug-likeness (QED) is 0.287. The monoisotopic (exact) mass is 383 g/mol. The Bertz CT molecular complexity index is 473. The van der Waals surface area contributed by atoms with E-state index in [9.17, 15) is 24.1 Å². The van der Waals surface area contributed by atoms with Crippen LogP contribution in [0.1, 0.15) is 27.2 Å². The third-order valence-electron chi connectivity index (χ3n) is 2.92. The largest absolute Gasteiger partial charge is 0.694 e. The molecule has 4 N–H and O–H groups in total. The molecule has 24 heavy (non-hydrogen) atoms. The molecule has 0 rings (SSSR count). The topological polar surface area (TPSA) is 142 Å².